The third-order valence-corrected chi connectivity index (χ3v) is 2.87. The van der Waals surface area contributed by atoms with Crippen LogP contribution in [0.15, 0.2) is 34.2 Å². The van der Waals surface area contributed by atoms with Gasteiger partial charge in [0.15, 0.2) is 11.5 Å². The molecule has 0 radical (unpaired) electrons. The molecule has 0 saturated carbocycles. The van der Waals surface area contributed by atoms with Gasteiger partial charge in [-0.1, -0.05) is 27.3 Å². The van der Waals surface area contributed by atoms with Crippen LogP contribution in [0.1, 0.15) is 0 Å². The molecule has 0 bridgehead atoms. The number of nitrogens with zero attached hydrogens (tertiary/aromatic N) is 1. The van der Waals surface area contributed by atoms with Crippen molar-refractivity contribution in [1.82, 2.24) is 4.98 Å². The Morgan fingerprint density at radius 3 is 2.87 bits per heavy atom. The summed E-state index contributed by atoms with van der Waals surface area (Å²) in [5, 5.41) is 2.47. The van der Waals surface area contributed by atoms with Crippen LogP contribution in [0.5, 0.6) is 16.7 Å². The maximum Gasteiger partial charge on any atom is 0.278 e. The van der Waals surface area contributed by atoms with E-state index in [-0.39, 0.29) is 0 Å². The first-order valence-electron chi connectivity index (χ1n) is 4.20. The van der Waals surface area contributed by atoms with Crippen molar-refractivity contribution < 1.29 is 9.47 Å². The summed E-state index contributed by atoms with van der Waals surface area (Å²) >= 11 is 4.81. The molecule has 0 aliphatic carbocycles. The molecule has 15 heavy (non-hydrogen) atoms. The van der Waals surface area contributed by atoms with Gasteiger partial charge >= 0.3 is 0 Å². The van der Waals surface area contributed by atoms with E-state index < -0.39 is 0 Å². The van der Waals surface area contributed by atoms with Crippen molar-refractivity contribution in [2.45, 2.75) is 0 Å². The standard InChI is InChI=1S/C10H8BrNO2S/c1-13-9-6-7(11)2-3-8(9)14-10-12-4-5-15-10/h2-6H,1H3. The van der Waals surface area contributed by atoms with Gasteiger partial charge in [0.25, 0.3) is 5.19 Å². The van der Waals surface area contributed by atoms with E-state index >= 15 is 0 Å². The molecule has 2 aromatic rings. The molecule has 0 unspecified atom stereocenters. The fraction of sp³-hybridized carbons (Fsp3) is 0.100. The number of ether oxygens (including phenoxy) is 2. The predicted molar refractivity (Wildman–Crippen MR) is 62.9 cm³/mol. The van der Waals surface area contributed by atoms with E-state index in [0.29, 0.717) is 16.7 Å². The Labute approximate surface area is 99.8 Å². The van der Waals surface area contributed by atoms with Gasteiger partial charge in [-0.15, -0.1) is 0 Å². The van der Waals surface area contributed by atoms with Crippen LogP contribution in [0.3, 0.4) is 0 Å². The molecule has 1 heterocycles. The number of benzene rings is 1. The van der Waals surface area contributed by atoms with Crippen LogP contribution in [0, 0.1) is 0 Å². The second-order valence-electron chi connectivity index (χ2n) is 2.70. The molecule has 1 aromatic carbocycles. The van der Waals surface area contributed by atoms with Gasteiger partial charge in [0.2, 0.25) is 0 Å². The Bertz CT molecular complexity index is 445. The Balaban J connectivity index is 2.28. The Morgan fingerprint density at radius 2 is 2.20 bits per heavy atom. The third-order valence-electron chi connectivity index (χ3n) is 1.73. The molecule has 78 valence electrons. The van der Waals surface area contributed by atoms with E-state index in [2.05, 4.69) is 20.9 Å². The second kappa shape index (κ2) is 4.63. The fourth-order valence-corrected chi connectivity index (χ4v) is 1.92. The lowest BCUT2D eigenvalue weighted by Gasteiger charge is -2.07. The largest absolute Gasteiger partial charge is 0.493 e. The lowest BCUT2D eigenvalue weighted by Crippen LogP contribution is -1.89. The van der Waals surface area contributed by atoms with Crippen LogP contribution in [0.4, 0.5) is 0 Å². The number of thiazole rings is 1. The Hall–Kier alpha value is -1.07. The highest BCUT2D eigenvalue weighted by atomic mass is 79.9. The van der Waals surface area contributed by atoms with Crippen LogP contribution in [0.25, 0.3) is 0 Å². The minimum atomic E-state index is 0.607. The van der Waals surface area contributed by atoms with E-state index in [1.54, 1.807) is 13.3 Å². The van der Waals surface area contributed by atoms with Gasteiger partial charge in [-0.2, -0.15) is 0 Å². The molecule has 1 aromatic heterocycles. The number of rotatable bonds is 3. The van der Waals surface area contributed by atoms with Gasteiger partial charge in [-0.05, 0) is 18.2 Å². The van der Waals surface area contributed by atoms with Gasteiger partial charge in [0.1, 0.15) is 0 Å². The summed E-state index contributed by atoms with van der Waals surface area (Å²) in [6.45, 7) is 0. The monoisotopic (exact) mass is 285 g/mol. The van der Waals surface area contributed by atoms with E-state index in [4.69, 9.17) is 9.47 Å². The van der Waals surface area contributed by atoms with Gasteiger partial charge < -0.3 is 9.47 Å². The first kappa shape index (κ1) is 10.4. The van der Waals surface area contributed by atoms with Crippen molar-refractivity contribution in [3.05, 3.63) is 34.2 Å². The van der Waals surface area contributed by atoms with E-state index in [9.17, 15) is 0 Å². The summed E-state index contributed by atoms with van der Waals surface area (Å²) in [5.41, 5.74) is 0. The molecule has 0 spiro atoms. The molecule has 0 amide bonds. The first-order valence-corrected chi connectivity index (χ1v) is 5.88. The predicted octanol–water partition coefficient (Wildman–Crippen LogP) is 3.71. The Kier molecular flexibility index (Phi) is 3.23. The van der Waals surface area contributed by atoms with Crippen molar-refractivity contribution in [2.75, 3.05) is 7.11 Å². The van der Waals surface area contributed by atoms with Crippen molar-refractivity contribution in [1.29, 1.82) is 0 Å². The summed E-state index contributed by atoms with van der Waals surface area (Å²) in [4.78, 5) is 4.04. The number of halogens is 1. The van der Waals surface area contributed by atoms with Crippen molar-refractivity contribution in [2.24, 2.45) is 0 Å². The maximum absolute atomic E-state index is 5.56. The number of hydrogen-bond acceptors (Lipinski definition) is 4. The minimum absolute atomic E-state index is 0.607. The molecule has 0 N–H and O–H groups in total. The smallest absolute Gasteiger partial charge is 0.278 e. The quantitative estimate of drug-likeness (QED) is 0.862. The van der Waals surface area contributed by atoms with Crippen LogP contribution >= 0.6 is 27.3 Å². The van der Waals surface area contributed by atoms with E-state index in [1.165, 1.54) is 11.3 Å². The minimum Gasteiger partial charge on any atom is -0.493 e. The topological polar surface area (TPSA) is 31.4 Å². The van der Waals surface area contributed by atoms with Gasteiger partial charge in [0, 0.05) is 16.0 Å². The lowest BCUT2D eigenvalue weighted by molar-refractivity contribution is 0.378. The molecular formula is C10H8BrNO2S. The van der Waals surface area contributed by atoms with Crippen LogP contribution in [0.2, 0.25) is 0 Å². The second-order valence-corrected chi connectivity index (χ2v) is 4.47. The maximum atomic E-state index is 5.56. The van der Waals surface area contributed by atoms with Gasteiger partial charge in [-0.25, -0.2) is 4.98 Å². The van der Waals surface area contributed by atoms with Crippen LogP contribution in [-0.4, -0.2) is 12.1 Å². The number of methoxy groups -OCH3 is 1. The highest BCUT2D eigenvalue weighted by Crippen LogP contribution is 2.34. The molecule has 0 saturated heterocycles. The highest BCUT2D eigenvalue weighted by Gasteiger charge is 2.07. The molecule has 5 heteroatoms. The van der Waals surface area contributed by atoms with Gasteiger partial charge in [-0.3, -0.25) is 0 Å². The molecule has 0 fully saturated rings. The lowest BCUT2D eigenvalue weighted by atomic mass is 10.3. The summed E-state index contributed by atoms with van der Waals surface area (Å²) in [6, 6.07) is 5.58. The average molecular weight is 286 g/mol. The molecular weight excluding hydrogens is 278 g/mol. The third kappa shape index (κ3) is 2.49. The van der Waals surface area contributed by atoms with Gasteiger partial charge in [0.05, 0.1) is 7.11 Å². The zero-order valence-corrected chi connectivity index (χ0v) is 10.3. The normalized spacial score (nSPS) is 10.0. The van der Waals surface area contributed by atoms with Crippen molar-refractivity contribution in [3.8, 4) is 16.7 Å². The first-order chi connectivity index (χ1) is 7.29. The van der Waals surface area contributed by atoms with E-state index in [1.807, 2.05) is 23.6 Å². The van der Waals surface area contributed by atoms with Crippen molar-refractivity contribution >= 4 is 27.3 Å². The summed E-state index contributed by atoms with van der Waals surface area (Å²) in [6.07, 6.45) is 1.70. The molecule has 0 aliphatic rings. The summed E-state index contributed by atoms with van der Waals surface area (Å²) in [5.74, 6) is 1.34. The fourth-order valence-electron chi connectivity index (χ4n) is 1.08. The molecule has 3 nitrogen and oxygen atoms in total. The zero-order chi connectivity index (χ0) is 10.7. The number of hydrogen-bond donors (Lipinski definition) is 0. The van der Waals surface area contributed by atoms with Crippen LogP contribution < -0.4 is 9.47 Å². The molecule has 0 atom stereocenters. The average Bonchev–Trinajstić information content (AvgIpc) is 2.73. The van der Waals surface area contributed by atoms with Crippen molar-refractivity contribution in [3.63, 3.8) is 0 Å². The summed E-state index contributed by atoms with van der Waals surface area (Å²) in [7, 11) is 1.61. The number of aromatic nitrogens is 1. The Morgan fingerprint density at radius 1 is 1.33 bits per heavy atom. The molecule has 0 aliphatic heterocycles. The van der Waals surface area contributed by atoms with E-state index in [0.717, 1.165) is 4.47 Å². The summed E-state index contributed by atoms with van der Waals surface area (Å²) < 4.78 is 11.7. The zero-order valence-electron chi connectivity index (χ0n) is 7.94. The highest BCUT2D eigenvalue weighted by molar-refractivity contribution is 9.10. The molecule has 2 rings (SSSR count). The SMILES string of the molecule is COc1cc(Br)ccc1Oc1nccs1. The van der Waals surface area contributed by atoms with Crippen LogP contribution in [-0.2, 0) is 0 Å².